The number of carbonyl (C=O) groups excluding carboxylic acids is 7. The van der Waals surface area contributed by atoms with Crippen LogP contribution in [0.4, 0.5) is 4.79 Å². The Balaban J connectivity index is 1.27. The molecule has 5 N–H and O–H groups in total. The second-order valence-electron chi connectivity index (χ2n) is 17.5. The minimum atomic E-state index is -1.15. The third kappa shape index (κ3) is 9.78. The van der Waals surface area contributed by atoms with Gasteiger partial charge < -0.3 is 36.4 Å². The first kappa shape index (κ1) is 40.7. The summed E-state index contributed by atoms with van der Waals surface area (Å²) in [7, 11) is 3.14. The molecule has 1 aromatic rings. The lowest BCUT2D eigenvalue weighted by atomic mass is 9.83. The summed E-state index contributed by atoms with van der Waals surface area (Å²) < 4.78 is 0. The van der Waals surface area contributed by atoms with Crippen molar-refractivity contribution in [3.8, 4) is 0 Å². The average molecular weight is 750 g/mol. The third-order valence-electron chi connectivity index (χ3n) is 11.6. The van der Waals surface area contributed by atoms with Gasteiger partial charge in [0.15, 0.2) is 0 Å². The number of amides is 7. The first-order valence-corrected chi connectivity index (χ1v) is 19.5. The highest BCUT2D eigenvalue weighted by atomic mass is 16.2. The summed E-state index contributed by atoms with van der Waals surface area (Å²) in [6.07, 6.45) is 6.54. The SMILES string of the molecule is CN(C)C(=O)[C@@H](NC(=O)CNC(=O)C(=O)C(CC1CC1)NC(=O)[C@@H]1[C@@H]2[C@H](CN1C(=O)[C@@H](NC(=O)NC(C)(C)C)C1CCCCC1)C2(C)C)c1ccccc1. The Bertz CT molecular complexity index is 1600. The number of Topliss-reactive ketones (excluding diaryl/α,β-unsaturated/α-hetero) is 1. The predicted molar refractivity (Wildman–Crippen MR) is 201 cm³/mol. The smallest absolute Gasteiger partial charge is 0.315 e. The highest BCUT2D eigenvalue weighted by Gasteiger charge is 2.69. The number of rotatable bonds is 14. The summed E-state index contributed by atoms with van der Waals surface area (Å²) in [6.45, 7) is 9.54. The van der Waals surface area contributed by atoms with Crippen LogP contribution in [0.1, 0.15) is 97.6 Å². The number of nitrogens with zero attached hydrogens (tertiary/aromatic N) is 2. The van der Waals surface area contributed by atoms with Crippen molar-refractivity contribution >= 4 is 41.4 Å². The van der Waals surface area contributed by atoms with Crippen LogP contribution in [0.15, 0.2) is 30.3 Å². The molecule has 0 radical (unpaired) electrons. The molecule has 3 aliphatic carbocycles. The number of hydrogen-bond donors (Lipinski definition) is 5. The lowest BCUT2D eigenvalue weighted by molar-refractivity contribution is -0.145. The van der Waals surface area contributed by atoms with Gasteiger partial charge >= 0.3 is 6.03 Å². The number of fused-ring (bicyclic) bond motifs is 1. The van der Waals surface area contributed by atoms with Gasteiger partial charge in [0.25, 0.3) is 5.91 Å². The van der Waals surface area contributed by atoms with Gasteiger partial charge in [-0.1, -0.05) is 76.3 Å². The lowest BCUT2D eigenvalue weighted by Crippen LogP contribution is -2.61. The average Bonchev–Trinajstić information content (AvgIpc) is 3.98. The van der Waals surface area contributed by atoms with E-state index in [2.05, 4.69) is 40.4 Å². The molecule has 1 aliphatic heterocycles. The monoisotopic (exact) mass is 749 g/mol. The van der Waals surface area contributed by atoms with Crippen LogP contribution in [0.2, 0.25) is 0 Å². The number of benzene rings is 1. The van der Waals surface area contributed by atoms with Crippen molar-refractivity contribution in [2.24, 2.45) is 29.1 Å². The molecule has 14 nitrogen and oxygen atoms in total. The van der Waals surface area contributed by atoms with Crippen LogP contribution < -0.4 is 26.6 Å². The van der Waals surface area contributed by atoms with Gasteiger partial charge in [-0.25, -0.2) is 4.79 Å². The molecule has 296 valence electrons. The number of likely N-dealkylation sites (tertiary alicyclic amines) is 1. The zero-order valence-corrected chi connectivity index (χ0v) is 32.8. The number of piperidine rings is 1. The molecule has 1 aromatic carbocycles. The van der Waals surface area contributed by atoms with Crippen molar-refractivity contribution in [2.45, 2.75) is 116 Å². The van der Waals surface area contributed by atoms with Crippen LogP contribution >= 0.6 is 0 Å². The standard InChI is InChI=1S/C40H59N7O7/c1-39(2,3)45-38(54)44-31(25-16-12-9-13-17-25)37(53)47-22-26-29(40(26,4)5)32(47)34(50)42-27(20-23-18-19-23)33(49)35(51)41-21-28(48)43-30(36(52)46(6)7)24-14-10-8-11-15-24/h8,10-11,14-15,23,25-27,29-32H,9,12-13,16-22H2,1-7H3,(H,41,51)(H,42,50)(H,43,48)(H2,44,45,54)/t26-,27?,29-,30-,31-,32-/m0/s1. The van der Waals surface area contributed by atoms with Crippen molar-refractivity contribution in [3.05, 3.63) is 35.9 Å². The van der Waals surface area contributed by atoms with Gasteiger partial charge in [-0.2, -0.15) is 0 Å². The van der Waals surface area contributed by atoms with E-state index in [1.165, 1.54) is 4.90 Å². The van der Waals surface area contributed by atoms with Gasteiger partial charge in [0.1, 0.15) is 18.1 Å². The van der Waals surface area contributed by atoms with Gasteiger partial charge in [0.05, 0.1) is 12.6 Å². The number of ketones is 1. The Morgan fingerprint density at radius 3 is 2.13 bits per heavy atom. The fourth-order valence-electron chi connectivity index (χ4n) is 8.34. The van der Waals surface area contributed by atoms with Crippen molar-refractivity contribution < 1.29 is 33.6 Å². The molecular weight excluding hydrogens is 690 g/mol. The van der Waals surface area contributed by atoms with E-state index in [1.54, 1.807) is 49.3 Å². The number of urea groups is 1. The molecule has 0 aromatic heterocycles. The van der Waals surface area contributed by atoms with E-state index < -0.39 is 65.8 Å². The maximum absolute atomic E-state index is 14.5. The molecule has 5 rings (SSSR count). The third-order valence-corrected chi connectivity index (χ3v) is 11.6. The van der Waals surface area contributed by atoms with Crippen molar-refractivity contribution in [2.75, 3.05) is 27.2 Å². The Hall–Kier alpha value is -4.49. The number of carbonyl (C=O) groups is 7. The maximum Gasteiger partial charge on any atom is 0.315 e. The van der Waals surface area contributed by atoms with Gasteiger partial charge in [-0.3, -0.25) is 28.8 Å². The van der Waals surface area contributed by atoms with E-state index >= 15 is 0 Å². The fourth-order valence-corrected chi connectivity index (χ4v) is 8.34. The highest BCUT2D eigenvalue weighted by molar-refractivity contribution is 6.38. The summed E-state index contributed by atoms with van der Waals surface area (Å²) in [6, 6.07) is 4.44. The van der Waals surface area contributed by atoms with Crippen molar-refractivity contribution in [3.63, 3.8) is 0 Å². The molecule has 0 bridgehead atoms. The minimum Gasteiger partial charge on any atom is -0.347 e. The number of likely N-dealkylation sites (N-methyl/N-ethyl adjacent to an activating group) is 1. The first-order valence-electron chi connectivity index (χ1n) is 19.5. The molecule has 7 amide bonds. The normalized spacial score (nSPS) is 23.5. The summed E-state index contributed by atoms with van der Waals surface area (Å²) in [4.78, 5) is 97.5. The van der Waals surface area contributed by atoms with Crippen LogP contribution in [0, 0.1) is 29.1 Å². The molecule has 3 saturated carbocycles. The van der Waals surface area contributed by atoms with Gasteiger partial charge in [0.2, 0.25) is 29.4 Å². The second-order valence-corrected chi connectivity index (χ2v) is 17.5. The molecule has 1 heterocycles. The van der Waals surface area contributed by atoms with Crippen LogP contribution in [-0.4, -0.2) is 102 Å². The molecule has 4 aliphatic rings. The second kappa shape index (κ2) is 16.5. The molecular formula is C40H59N7O7. The number of hydrogen-bond acceptors (Lipinski definition) is 7. The maximum atomic E-state index is 14.5. The lowest BCUT2D eigenvalue weighted by Gasteiger charge is -2.37. The zero-order valence-electron chi connectivity index (χ0n) is 32.8. The Kier molecular flexibility index (Phi) is 12.4. The number of nitrogens with one attached hydrogen (secondary N) is 5. The molecule has 54 heavy (non-hydrogen) atoms. The molecule has 6 atom stereocenters. The van der Waals surface area contributed by atoms with Crippen LogP contribution in [-0.2, 0) is 28.8 Å². The Morgan fingerprint density at radius 1 is 0.889 bits per heavy atom. The molecule has 0 spiro atoms. The molecule has 1 unspecified atom stereocenters. The topological polar surface area (TPSA) is 186 Å². The summed E-state index contributed by atoms with van der Waals surface area (Å²) in [5.41, 5.74) is -0.155. The molecule has 14 heteroatoms. The van der Waals surface area contributed by atoms with Crippen molar-refractivity contribution in [1.82, 2.24) is 36.4 Å². The van der Waals surface area contributed by atoms with E-state index in [9.17, 15) is 33.6 Å². The fraction of sp³-hybridized carbons (Fsp3) is 0.675. The van der Waals surface area contributed by atoms with E-state index in [0.717, 1.165) is 44.9 Å². The highest BCUT2D eigenvalue weighted by Crippen LogP contribution is 2.65. The van der Waals surface area contributed by atoms with E-state index in [-0.39, 0.29) is 47.3 Å². The van der Waals surface area contributed by atoms with E-state index in [1.807, 2.05) is 20.8 Å². The largest absolute Gasteiger partial charge is 0.347 e. The zero-order chi connectivity index (χ0) is 39.5. The first-order chi connectivity index (χ1) is 25.4. The van der Waals surface area contributed by atoms with Gasteiger partial charge in [-0.15, -0.1) is 0 Å². The summed E-state index contributed by atoms with van der Waals surface area (Å²) >= 11 is 0. The predicted octanol–water partition coefficient (Wildman–Crippen LogP) is 2.43. The molecule has 1 saturated heterocycles. The Labute approximate surface area is 318 Å². The summed E-state index contributed by atoms with van der Waals surface area (Å²) in [5.74, 6) is -3.71. The van der Waals surface area contributed by atoms with E-state index in [0.29, 0.717) is 12.1 Å². The Morgan fingerprint density at radius 2 is 1.54 bits per heavy atom. The molecule has 4 fully saturated rings. The minimum absolute atomic E-state index is 0.0697. The quantitative estimate of drug-likeness (QED) is 0.181. The van der Waals surface area contributed by atoms with Crippen molar-refractivity contribution in [1.29, 1.82) is 0 Å². The van der Waals surface area contributed by atoms with Crippen LogP contribution in [0.5, 0.6) is 0 Å². The van der Waals surface area contributed by atoms with Gasteiger partial charge in [-0.05, 0) is 74.7 Å². The van der Waals surface area contributed by atoms with Crippen LogP contribution in [0.25, 0.3) is 0 Å². The van der Waals surface area contributed by atoms with E-state index in [4.69, 9.17) is 0 Å². The van der Waals surface area contributed by atoms with Crippen LogP contribution in [0.3, 0.4) is 0 Å². The van der Waals surface area contributed by atoms with Gasteiger partial charge in [0, 0.05) is 26.2 Å². The summed E-state index contributed by atoms with van der Waals surface area (Å²) in [5, 5.41) is 13.7.